The van der Waals surface area contributed by atoms with Gasteiger partial charge < -0.3 is 10.0 Å². The SMILES string of the molecule is CC(CC(=O)O)CC(=O)N(C)c1ccncc1. The largest absolute Gasteiger partial charge is 0.481 e. The predicted octanol–water partition coefficient (Wildman–Crippen LogP) is 1.55. The number of hydrogen-bond donors (Lipinski definition) is 1. The number of pyridine rings is 1. The maximum atomic E-state index is 11.8. The zero-order valence-electron chi connectivity index (χ0n) is 9.96. The molecular formula is C12H16N2O3. The van der Waals surface area contributed by atoms with Crippen molar-refractivity contribution in [2.75, 3.05) is 11.9 Å². The van der Waals surface area contributed by atoms with Gasteiger partial charge in [0.1, 0.15) is 0 Å². The number of nitrogens with zero attached hydrogens (tertiary/aromatic N) is 2. The summed E-state index contributed by atoms with van der Waals surface area (Å²) >= 11 is 0. The molecule has 0 aliphatic carbocycles. The maximum Gasteiger partial charge on any atom is 0.303 e. The molecule has 0 fully saturated rings. The van der Waals surface area contributed by atoms with E-state index in [-0.39, 0.29) is 24.7 Å². The summed E-state index contributed by atoms with van der Waals surface area (Å²) in [7, 11) is 1.67. The van der Waals surface area contributed by atoms with Gasteiger partial charge in [0.15, 0.2) is 0 Å². The summed E-state index contributed by atoms with van der Waals surface area (Å²) < 4.78 is 0. The summed E-state index contributed by atoms with van der Waals surface area (Å²) in [6.07, 6.45) is 3.46. The molecule has 0 bridgehead atoms. The molecule has 17 heavy (non-hydrogen) atoms. The van der Waals surface area contributed by atoms with Crippen molar-refractivity contribution in [2.45, 2.75) is 19.8 Å². The van der Waals surface area contributed by atoms with E-state index < -0.39 is 5.97 Å². The number of amides is 1. The first-order valence-corrected chi connectivity index (χ1v) is 5.39. The van der Waals surface area contributed by atoms with Crippen molar-refractivity contribution >= 4 is 17.6 Å². The lowest BCUT2D eigenvalue weighted by molar-refractivity contribution is -0.138. The Balaban J connectivity index is 2.56. The van der Waals surface area contributed by atoms with Crippen LogP contribution in [0.4, 0.5) is 5.69 Å². The molecule has 0 aliphatic heterocycles. The first-order valence-electron chi connectivity index (χ1n) is 5.39. The van der Waals surface area contributed by atoms with Crippen LogP contribution >= 0.6 is 0 Å². The maximum absolute atomic E-state index is 11.8. The summed E-state index contributed by atoms with van der Waals surface area (Å²) in [6, 6.07) is 3.47. The molecule has 92 valence electrons. The van der Waals surface area contributed by atoms with Gasteiger partial charge in [-0.1, -0.05) is 6.92 Å². The molecule has 0 spiro atoms. The van der Waals surface area contributed by atoms with Crippen LogP contribution in [-0.2, 0) is 9.59 Å². The van der Waals surface area contributed by atoms with Crippen LogP contribution in [-0.4, -0.2) is 29.0 Å². The highest BCUT2D eigenvalue weighted by atomic mass is 16.4. The Hall–Kier alpha value is -1.91. The summed E-state index contributed by atoms with van der Waals surface area (Å²) in [5.41, 5.74) is 0.757. The second kappa shape index (κ2) is 5.98. The lowest BCUT2D eigenvalue weighted by Gasteiger charge is -2.18. The van der Waals surface area contributed by atoms with E-state index in [0.717, 1.165) is 5.69 Å². The zero-order chi connectivity index (χ0) is 12.8. The second-order valence-electron chi connectivity index (χ2n) is 4.07. The fraction of sp³-hybridized carbons (Fsp3) is 0.417. The number of hydrogen-bond acceptors (Lipinski definition) is 3. The van der Waals surface area contributed by atoms with E-state index in [1.54, 1.807) is 38.5 Å². The normalized spacial score (nSPS) is 11.9. The van der Waals surface area contributed by atoms with Crippen LogP contribution < -0.4 is 4.90 Å². The Morgan fingerprint density at radius 1 is 1.35 bits per heavy atom. The van der Waals surface area contributed by atoms with E-state index in [0.29, 0.717) is 0 Å². The number of rotatable bonds is 5. The van der Waals surface area contributed by atoms with Gasteiger partial charge in [-0.05, 0) is 18.1 Å². The molecule has 0 radical (unpaired) electrons. The average molecular weight is 236 g/mol. The van der Waals surface area contributed by atoms with E-state index in [2.05, 4.69) is 4.98 Å². The summed E-state index contributed by atoms with van der Waals surface area (Å²) in [5.74, 6) is -1.13. The molecule has 1 rings (SSSR count). The van der Waals surface area contributed by atoms with Crippen molar-refractivity contribution < 1.29 is 14.7 Å². The molecule has 1 heterocycles. The second-order valence-corrected chi connectivity index (χ2v) is 4.07. The van der Waals surface area contributed by atoms with Crippen molar-refractivity contribution in [1.82, 2.24) is 4.98 Å². The molecule has 1 aromatic heterocycles. The van der Waals surface area contributed by atoms with Gasteiger partial charge >= 0.3 is 5.97 Å². The van der Waals surface area contributed by atoms with Crippen molar-refractivity contribution in [1.29, 1.82) is 0 Å². The van der Waals surface area contributed by atoms with Gasteiger partial charge in [-0.25, -0.2) is 0 Å². The van der Waals surface area contributed by atoms with E-state index in [1.165, 1.54) is 4.90 Å². The van der Waals surface area contributed by atoms with Crippen LogP contribution in [0.2, 0.25) is 0 Å². The third kappa shape index (κ3) is 4.22. The molecule has 1 N–H and O–H groups in total. The summed E-state index contributed by atoms with van der Waals surface area (Å²) in [5, 5.41) is 8.62. The van der Waals surface area contributed by atoms with Gasteiger partial charge in [-0.3, -0.25) is 14.6 Å². The zero-order valence-corrected chi connectivity index (χ0v) is 9.96. The van der Waals surface area contributed by atoms with E-state index >= 15 is 0 Å². The molecule has 5 heteroatoms. The van der Waals surface area contributed by atoms with E-state index in [4.69, 9.17) is 5.11 Å². The Morgan fingerprint density at radius 3 is 2.47 bits per heavy atom. The first-order chi connectivity index (χ1) is 8.00. The van der Waals surface area contributed by atoms with Crippen molar-refractivity contribution in [2.24, 2.45) is 5.92 Å². The minimum Gasteiger partial charge on any atom is -0.481 e. The van der Waals surface area contributed by atoms with Crippen molar-refractivity contribution in [3.8, 4) is 0 Å². The Bertz CT molecular complexity index is 392. The predicted molar refractivity (Wildman–Crippen MR) is 63.7 cm³/mol. The van der Waals surface area contributed by atoms with Gasteiger partial charge in [0.25, 0.3) is 0 Å². The number of aromatic nitrogens is 1. The number of anilines is 1. The molecule has 0 aliphatic rings. The topological polar surface area (TPSA) is 70.5 Å². The van der Waals surface area contributed by atoms with Gasteiger partial charge in [-0.15, -0.1) is 0 Å². The fourth-order valence-electron chi connectivity index (χ4n) is 1.52. The standard InChI is InChI=1S/C12H16N2O3/c1-9(8-12(16)17)7-11(15)14(2)10-3-5-13-6-4-10/h3-6,9H,7-8H2,1-2H3,(H,16,17). The number of carboxylic acids is 1. The third-order valence-electron chi connectivity index (χ3n) is 2.47. The third-order valence-corrected chi connectivity index (χ3v) is 2.47. The number of aliphatic carboxylic acids is 1. The van der Waals surface area contributed by atoms with Crippen LogP contribution in [0, 0.1) is 5.92 Å². The van der Waals surface area contributed by atoms with Gasteiger partial charge in [-0.2, -0.15) is 0 Å². The summed E-state index contributed by atoms with van der Waals surface area (Å²) in [4.78, 5) is 27.7. The van der Waals surface area contributed by atoms with Crippen LogP contribution in [0.1, 0.15) is 19.8 Å². The molecular weight excluding hydrogens is 220 g/mol. The Kier molecular flexibility index (Phi) is 4.63. The van der Waals surface area contributed by atoms with E-state index in [1.807, 2.05) is 0 Å². The van der Waals surface area contributed by atoms with Crippen LogP contribution in [0.15, 0.2) is 24.5 Å². The minimum absolute atomic E-state index is 0.00985. The monoisotopic (exact) mass is 236 g/mol. The highest BCUT2D eigenvalue weighted by molar-refractivity contribution is 5.92. The lowest BCUT2D eigenvalue weighted by Crippen LogP contribution is -2.28. The number of carbonyl (C=O) groups excluding carboxylic acids is 1. The molecule has 1 atom stereocenters. The molecule has 0 saturated heterocycles. The van der Waals surface area contributed by atoms with Crippen molar-refractivity contribution in [3.05, 3.63) is 24.5 Å². The smallest absolute Gasteiger partial charge is 0.303 e. The van der Waals surface area contributed by atoms with Crippen LogP contribution in [0.5, 0.6) is 0 Å². The highest BCUT2D eigenvalue weighted by Crippen LogP contribution is 2.15. The van der Waals surface area contributed by atoms with E-state index in [9.17, 15) is 9.59 Å². The first kappa shape index (κ1) is 13.2. The Labute approximate surface area is 100 Å². The molecule has 1 aromatic rings. The average Bonchev–Trinajstić information content (AvgIpc) is 2.28. The number of carbonyl (C=O) groups is 2. The summed E-state index contributed by atoms with van der Waals surface area (Å²) in [6.45, 7) is 1.76. The number of carboxylic acid groups (broad SMARTS) is 1. The fourth-order valence-corrected chi connectivity index (χ4v) is 1.52. The van der Waals surface area contributed by atoms with Gasteiger partial charge in [0, 0.05) is 38.0 Å². The molecule has 1 amide bonds. The van der Waals surface area contributed by atoms with Crippen LogP contribution in [0.3, 0.4) is 0 Å². The lowest BCUT2D eigenvalue weighted by atomic mass is 10.0. The quantitative estimate of drug-likeness (QED) is 0.842. The molecule has 5 nitrogen and oxygen atoms in total. The van der Waals surface area contributed by atoms with Crippen LogP contribution in [0.25, 0.3) is 0 Å². The van der Waals surface area contributed by atoms with Gasteiger partial charge in [0.05, 0.1) is 0 Å². The molecule has 0 saturated carbocycles. The highest BCUT2D eigenvalue weighted by Gasteiger charge is 2.16. The van der Waals surface area contributed by atoms with Gasteiger partial charge in [0.2, 0.25) is 5.91 Å². The van der Waals surface area contributed by atoms with Crippen molar-refractivity contribution in [3.63, 3.8) is 0 Å². The minimum atomic E-state index is -0.878. The Morgan fingerprint density at radius 2 is 1.94 bits per heavy atom. The molecule has 1 unspecified atom stereocenters. The molecule has 0 aromatic carbocycles.